The molecule has 190 valence electrons. The van der Waals surface area contributed by atoms with Gasteiger partial charge >= 0.3 is 5.69 Å². The quantitative estimate of drug-likeness (QED) is 0.331. The molecular formula is C26H23FIN5O4. The number of amides is 1. The van der Waals surface area contributed by atoms with Gasteiger partial charge in [-0.15, -0.1) is 0 Å². The van der Waals surface area contributed by atoms with Crippen LogP contribution in [0.15, 0.2) is 56.8 Å². The van der Waals surface area contributed by atoms with Gasteiger partial charge in [-0.1, -0.05) is 12.1 Å². The highest BCUT2D eigenvalue weighted by Gasteiger charge is 2.31. The van der Waals surface area contributed by atoms with Gasteiger partial charge in [-0.2, -0.15) is 0 Å². The van der Waals surface area contributed by atoms with E-state index in [1.807, 2.05) is 22.6 Å². The maximum absolute atomic E-state index is 14.9. The fraction of sp³-hybridized carbons (Fsp3) is 0.231. The highest BCUT2D eigenvalue weighted by atomic mass is 127. The van der Waals surface area contributed by atoms with Crippen LogP contribution >= 0.6 is 22.6 Å². The number of fused-ring (bicyclic) bond motifs is 1. The minimum atomic E-state index is -0.581. The Balaban J connectivity index is 1.92. The lowest BCUT2D eigenvalue weighted by atomic mass is 10.1. The molecule has 0 aliphatic heterocycles. The zero-order valence-corrected chi connectivity index (χ0v) is 22.4. The Bertz CT molecular complexity index is 1790. The van der Waals surface area contributed by atoms with E-state index in [0.717, 1.165) is 0 Å². The van der Waals surface area contributed by atoms with E-state index in [9.17, 15) is 23.6 Å². The molecule has 9 nitrogen and oxygen atoms in total. The lowest BCUT2D eigenvalue weighted by Gasteiger charge is -2.21. The van der Waals surface area contributed by atoms with Crippen LogP contribution in [0.25, 0.3) is 16.6 Å². The number of aryl methyl sites for hydroxylation is 1. The second-order valence-electron chi connectivity index (χ2n) is 9.04. The van der Waals surface area contributed by atoms with Gasteiger partial charge in [0.1, 0.15) is 11.2 Å². The normalized spacial score (nSPS) is 13.1. The van der Waals surface area contributed by atoms with Crippen LogP contribution in [0.4, 0.5) is 21.6 Å². The molecule has 0 atom stereocenters. The van der Waals surface area contributed by atoms with Crippen LogP contribution in [0.5, 0.6) is 0 Å². The molecule has 2 heterocycles. The standard InChI is InChI=1S/C26H23FIN5O4/c1-13-22-20(23(31(3)24(13)35)30-19-9-5-8-18(28)21(19)27)25(36)33(16-10-11-16)26(37)32(22)17-7-4-6-15(12-17)29-14(2)34/h4-9,12,16,30H,10-11H2,1-3H3,(H,29,34). The summed E-state index contributed by atoms with van der Waals surface area (Å²) in [6.45, 7) is 2.92. The van der Waals surface area contributed by atoms with E-state index in [1.165, 1.54) is 33.7 Å². The van der Waals surface area contributed by atoms with Crippen molar-refractivity contribution in [3.05, 3.63) is 88.6 Å². The molecule has 1 aliphatic carbocycles. The van der Waals surface area contributed by atoms with Crippen molar-refractivity contribution in [3.8, 4) is 5.69 Å². The SMILES string of the molecule is CC(=O)Nc1cccc(-n2c(=O)n(C3CC3)c(=O)c3c(Nc4cccc(I)c4F)n(C)c(=O)c(C)c32)c1. The molecule has 0 bridgehead atoms. The summed E-state index contributed by atoms with van der Waals surface area (Å²) in [4.78, 5) is 52.6. The number of nitrogens with one attached hydrogen (secondary N) is 2. The predicted octanol–water partition coefficient (Wildman–Crippen LogP) is 3.94. The van der Waals surface area contributed by atoms with E-state index in [4.69, 9.17) is 0 Å². The summed E-state index contributed by atoms with van der Waals surface area (Å²) in [6.07, 6.45) is 1.34. The summed E-state index contributed by atoms with van der Waals surface area (Å²) < 4.78 is 19.1. The van der Waals surface area contributed by atoms with Crippen molar-refractivity contribution in [1.82, 2.24) is 13.7 Å². The smallest absolute Gasteiger partial charge is 0.336 e. The molecule has 0 unspecified atom stereocenters. The van der Waals surface area contributed by atoms with E-state index in [1.54, 1.807) is 43.3 Å². The molecule has 4 aromatic rings. The summed E-state index contributed by atoms with van der Waals surface area (Å²) in [5, 5.41) is 5.74. The third-order valence-electron chi connectivity index (χ3n) is 6.38. The van der Waals surface area contributed by atoms with Gasteiger partial charge in [-0.3, -0.25) is 28.1 Å². The van der Waals surface area contributed by atoms with Gasteiger partial charge in [0.2, 0.25) is 5.91 Å². The van der Waals surface area contributed by atoms with Crippen molar-refractivity contribution < 1.29 is 9.18 Å². The molecule has 2 aromatic carbocycles. The largest absolute Gasteiger partial charge is 0.338 e. The van der Waals surface area contributed by atoms with E-state index in [-0.39, 0.29) is 39.9 Å². The van der Waals surface area contributed by atoms with Crippen LogP contribution in [0.2, 0.25) is 0 Å². The van der Waals surface area contributed by atoms with Crippen LogP contribution in [-0.2, 0) is 11.8 Å². The zero-order chi connectivity index (χ0) is 26.6. The first-order valence-electron chi connectivity index (χ1n) is 11.6. The van der Waals surface area contributed by atoms with Crippen LogP contribution in [0, 0.1) is 16.3 Å². The van der Waals surface area contributed by atoms with Crippen molar-refractivity contribution >= 4 is 56.6 Å². The summed E-state index contributed by atoms with van der Waals surface area (Å²) in [7, 11) is 1.50. The van der Waals surface area contributed by atoms with E-state index < -0.39 is 22.6 Å². The van der Waals surface area contributed by atoms with Crippen molar-refractivity contribution in [1.29, 1.82) is 0 Å². The summed E-state index contributed by atoms with van der Waals surface area (Å²) in [6, 6.07) is 11.1. The second kappa shape index (κ2) is 9.29. The van der Waals surface area contributed by atoms with Crippen molar-refractivity contribution in [2.75, 3.05) is 10.6 Å². The first kappa shape index (κ1) is 24.9. The Morgan fingerprint density at radius 1 is 1.08 bits per heavy atom. The molecule has 2 N–H and O–H groups in total. The third kappa shape index (κ3) is 4.26. The summed E-state index contributed by atoms with van der Waals surface area (Å²) in [5.74, 6) is -0.728. The number of hydrogen-bond donors (Lipinski definition) is 2. The molecule has 2 aromatic heterocycles. The molecule has 5 rings (SSSR count). The highest BCUT2D eigenvalue weighted by Crippen LogP contribution is 2.34. The van der Waals surface area contributed by atoms with E-state index >= 15 is 0 Å². The average molecular weight is 615 g/mol. The predicted molar refractivity (Wildman–Crippen MR) is 149 cm³/mol. The number of carbonyl (C=O) groups is 1. The maximum Gasteiger partial charge on any atom is 0.336 e. The Morgan fingerprint density at radius 2 is 1.78 bits per heavy atom. The zero-order valence-electron chi connectivity index (χ0n) is 20.3. The Kier molecular flexibility index (Phi) is 6.26. The fourth-order valence-corrected chi connectivity index (χ4v) is 5.01. The lowest BCUT2D eigenvalue weighted by molar-refractivity contribution is -0.114. The molecular weight excluding hydrogens is 592 g/mol. The molecule has 1 amide bonds. The number of rotatable bonds is 5. The third-order valence-corrected chi connectivity index (χ3v) is 7.22. The van der Waals surface area contributed by atoms with Crippen LogP contribution in [0.3, 0.4) is 0 Å². The number of aromatic nitrogens is 3. The topological polar surface area (TPSA) is 107 Å². The number of benzene rings is 2. The lowest BCUT2D eigenvalue weighted by Crippen LogP contribution is -2.41. The van der Waals surface area contributed by atoms with Gasteiger partial charge < -0.3 is 10.6 Å². The van der Waals surface area contributed by atoms with Crippen LogP contribution in [0.1, 0.15) is 31.4 Å². The minimum absolute atomic E-state index is 0.0812. The first-order valence-corrected chi connectivity index (χ1v) is 12.7. The van der Waals surface area contributed by atoms with E-state index in [0.29, 0.717) is 27.8 Å². The first-order chi connectivity index (χ1) is 17.6. The fourth-order valence-electron chi connectivity index (χ4n) is 4.51. The molecule has 0 spiro atoms. The average Bonchev–Trinajstić information content (AvgIpc) is 3.68. The van der Waals surface area contributed by atoms with Crippen molar-refractivity contribution in [2.24, 2.45) is 7.05 Å². The Labute approximate surface area is 223 Å². The van der Waals surface area contributed by atoms with Gasteiger partial charge in [-0.05, 0) is 72.7 Å². The van der Waals surface area contributed by atoms with Gasteiger partial charge in [0.25, 0.3) is 11.1 Å². The van der Waals surface area contributed by atoms with Gasteiger partial charge in [0.15, 0.2) is 5.82 Å². The van der Waals surface area contributed by atoms with Gasteiger partial charge in [-0.25, -0.2) is 9.18 Å². The minimum Gasteiger partial charge on any atom is -0.338 e. The number of halogens is 2. The molecule has 1 saturated carbocycles. The summed E-state index contributed by atoms with van der Waals surface area (Å²) >= 11 is 1.86. The maximum atomic E-state index is 14.9. The molecule has 37 heavy (non-hydrogen) atoms. The van der Waals surface area contributed by atoms with Gasteiger partial charge in [0, 0.05) is 31.3 Å². The molecule has 0 radical (unpaired) electrons. The number of pyridine rings is 1. The highest BCUT2D eigenvalue weighted by molar-refractivity contribution is 14.1. The van der Waals surface area contributed by atoms with Gasteiger partial charge in [0.05, 0.1) is 20.5 Å². The van der Waals surface area contributed by atoms with Crippen LogP contribution < -0.4 is 27.4 Å². The molecule has 1 fully saturated rings. The second-order valence-corrected chi connectivity index (χ2v) is 10.2. The summed E-state index contributed by atoms with van der Waals surface area (Å²) in [5.41, 5.74) is -0.345. The van der Waals surface area contributed by atoms with Crippen LogP contribution in [-0.4, -0.2) is 19.6 Å². The molecule has 11 heteroatoms. The molecule has 0 saturated heterocycles. The number of anilines is 3. The Morgan fingerprint density at radius 3 is 2.46 bits per heavy atom. The number of hydrogen-bond acceptors (Lipinski definition) is 5. The molecule has 1 aliphatic rings. The van der Waals surface area contributed by atoms with Crippen molar-refractivity contribution in [2.45, 2.75) is 32.7 Å². The van der Waals surface area contributed by atoms with E-state index in [2.05, 4.69) is 10.6 Å². The number of nitrogens with zero attached hydrogens (tertiary/aromatic N) is 3. The Hall–Kier alpha value is -3.74. The number of carbonyl (C=O) groups excluding carboxylic acids is 1. The van der Waals surface area contributed by atoms with Crippen molar-refractivity contribution in [3.63, 3.8) is 0 Å². The monoisotopic (exact) mass is 615 g/mol.